The summed E-state index contributed by atoms with van der Waals surface area (Å²) < 4.78 is 4.69. The first-order valence-electron chi connectivity index (χ1n) is 12.5. The summed E-state index contributed by atoms with van der Waals surface area (Å²) in [6, 6.07) is 16.3. The van der Waals surface area contributed by atoms with Crippen molar-refractivity contribution in [3.05, 3.63) is 91.7 Å². The third-order valence-electron chi connectivity index (χ3n) is 7.20. The van der Waals surface area contributed by atoms with Gasteiger partial charge in [-0.15, -0.1) is 0 Å². The van der Waals surface area contributed by atoms with E-state index in [4.69, 9.17) is 10.1 Å². The van der Waals surface area contributed by atoms with Crippen LogP contribution in [0.3, 0.4) is 0 Å². The van der Waals surface area contributed by atoms with Gasteiger partial charge in [-0.25, -0.2) is 4.98 Å². The minimum atomic E-state index is -0.113. The van der Waals surface area contributed by atoms with Crippen LogP contribution in [0.25, 0.3) is 16.6 Å². The zero-order valence-electron chi connectivity index (χ0n) is 20.6. The van der Waals surface area contributed by atoms with Crippen LogP contribution in [-0.2, 0) is 6.42 Å². The summed E-state index contributed by atoms with van der Waals surface area (Å²) >= 11 is 3.50. The molecule has 0 N–H and O–H groups in total. The van der Waals surface area contributed by atoms with Gasteiger partial charge in [-0.2, -0.15) is 9.78 Å². The van der Waals surface area contributed by atoms with E-state index in [1.165, 1.54) is 30.5 Å². The minimum Gasteiger partial charge on any atom is -0.318 e. The highest BCUT2D eigenvalue weighted by Gasteiger charge is 2.22. The quantitative estimate of drug-likeness (QED) is 0.259. The number of benzene rings is 2. The Morgan fingerprint density at radius 3 is 2.63 bits per heavy atom. The standard InChI is InChI=1S/C29H31BrN4O/c1-4-21-10-8-9-13-27(21)33-19(2)16-23(20(33)3)18-31-34-28(22-11-6-5-7-12-22)32-26-15-14-24(30)17-25(26)29(34)35/h8-10,13-18,22H,4-7,11-12H2,1-3H3. The molecule has 1 aliphatic rings. The van der Waals surface area contributed by atoms with Gasteiger partial charge in [0, 0.05) is 33.0 Å². The smallest absolute Gasteiger partial charge is 0.282 e. The third kappa shape index (κ3) is 4.52. The van der Waals surface area contributed by atoms with Crippen LogP contribution in [0, 0.1) is 13.8 Å². The number of hydrogen-bond donors (Lipinski definition) is 0. The molecule has 2 aromatic heterocycles. The Hall–Kier alpha value is -2.99. The third-order valence-corrected chi connectivity index (χ3v) is 7.69. The number of aryl methyl sites for hydroxylation is 2. The second-order valence-electron chi connectivity index (χ2n) is 9.47. The Labute approximate surface area is 214 Å². The predicted molar refractivity (Wildman–Crippen MR) is 147 cm³/mol. The molecule has 0 saturated heterocycles. The lowest BCUT2D eigenvalue weighted by Gasteiger charge is -2.22. The van der Waals surface area contributed by atoms with E-state index < -0.39 is 0 Å². The lowest BCUT2D eigenvalue weighted by molar-refractivity contribution is 0.416. The van der Waals surface area contributed by atoms with E-state index >= 15 is 0 Å². The van der Waals surface area contributed by atoms with Crippen LogP contribution in [0.15, 0.2) is 62.9 Å². The van der Waals surface area contributed by atoms with E-state index in [1.807, 2.05) is 24.4 Å². The Kier molecular flexibility index (Phi) is 6.74. The molecule has 0 amide bonds. The molecule has 1 aliphatic carbocycles. The van der Waals surface area contributed by atoms with E-state index in [2.05, 4.69) is 71.6 Å². The van der Waals surface area contributed by atoms with E-state index in [1.54, 1.807) is 4.68 Å². The van der Waals surface area contributed by atoms with E-state index in [0.717, 1.165) is 52.0 Å². The van der Waals surface area contributed by atoms with E-state index in [-0.39, 0.29) is 11.5 Å². The van der Waals surface area contributed by atoms with Gasteiger partial charge in [0.1, 0.15) is 5.82 Å². The molecule has 2 aromatic carbocycles. The van der Waals surface area contributed by atoms with Crippen LogP contribution in [0.5, 0.6) is 0 Å². The first-order valence-corrected chi connectivity index (χ1v) is 13.3. The summed E-state index contributed by atoms with van der Waals surface area (Å²) in [7, 11) is 0. The fraction of sp³-hybridized carbons (Fsp3) is 0.345. The van der Waals surface area contributed by atoms with Crippen LogP contribution in [0.4, 0.5) is 0 Å². The fourth-order valence-corrected chi connectivity index (χ4v) is 5.70. The molecule has 0 aliphatic heterocycles. The molecule has 1 saturated carbocycles. The van der Waals surface area contributed by atoms with Crippen molar-refractivity contribution in [3.63, 3.8) is 0 Å². The highest BCUT2D eigenvalue weighted by Crippen LogP contribution is 2.32. The molecular formula is C29H31BrN4O. The molecule has 35 heavy (non-hydrogen) atoms. The Balaban J connectivity index is 1.63. The van der Waals surface area contributed by atoms with Crippen molar-refractivity contribution in [2.24, 2.45) is 5.10 Å². The number of rotatable bonds is 5. The lowest BCUT2D eigenvalue weighted by atomic mass is 9.88. The van der Waals surface area contributed by atoms with Crippen LogP contribution in [0.2, 0.25) is 0 Å². The van der Waals surface area contributed by atoms with Crippen molar-refractivity contribution in [2.75, 3.05) is 0 Å². The van der Waals surface area contributed by atoms with Crippen molar-refractivity contribution in [1.29, 1.82) is 0 Å². The molecule has 1 fully saturated rings. The largest absolute Gasteiger partial charge is 0.318 e. The van der Waals surface area contributed by atoms with Gasteiger partial charge in [-0.3, -0.25) is 4.79 Å². The number of fused-ring (bicyclic) bond motifs is 1. The van der Waals surface area contributed by atoms with Crippen molar-refractivity contribution in [3.8, 4) is 5.69 Å². The van der Waals surface area contributed by atoms with E-state index in [0.29, 0.717) is 5.39 Å². The molecule has 0 radical (unpaired) electrons. The monoisotopic (exact) mass is 530 g/mol. The van der Waals surface area contributed by atoms with Crippen LogP contribution in [-0.4, -0.2) is 20.4 Å². The first kappa shape index (κ1) is 23.7. The van der Waals surface area contributed by atoms with E-state index in [9.17, 15) is 4.79 Å². The van der Waals surface area contributed by atoms with Gasteiger partial charge in [-0.05, 0) is 69.0 Å². The molecule has 0 atom stereocenters. The molecule has 180 valence electrons. The highest BCUT2D eigenvalue weighted by atomic mass is 79.9. The van der Waals surface area contributed by atoms with Gasteiger partial charge in [-0.1, -0.05) is 60.3 Å². The van der Waals surface area contributed by atoms with Gasteiger partial charge in [0.2, 0.25) is 0 Å². The van der Waals surface area contributed by atoms with Crippen molar-refractivity contribution < 1.29 is 0 Å². The van der Waals surface area contributed by atoms with Crippen molar-refractivity contribution >= 4 is 33.0 Å². The average Bonchev–Trinajstić information content (AvgIpc) is 3.16. The molecule has 2 heterocycles. The van der Waals surface area contributed by atoms with Gasteiger partial charge in [0.05, 0.1) is 17.1 Å². The minimum absolute atomic E-state index is 0.113. The predicted octanol–water partition coefficient (Wildman–Crippen LogP) is 7.06. The summed E-state index contributed by atoms with van der Waals surface area (Å²) in [5.41, 5.74) is 6.38. The summed E-state index contributed by atoms with van der Waals surface area (Å²) in [5.74, 6) is 1.04. The summed E-state index contributed by atoms with van der Waals surface area (Å²) in [5, 5.41) is 5.35. The van der Waals surface area contributed by atoms with Crippen molar-refractivity contribution in [1.82, 2.24) is 14.2 Å². The van der Waals surface area contributed by atoms with Crippen LogP contribution >= 0.6 is 15.9 Å². The highest BCUT2D eigenvalue weighted by molar-refractivity contribution is 9.10. The molecule has 5 nitrogen and oxygen atoms in total. The summed E-state index contributed by atoms with van der Waals surface area (Å²) in [6.45, 7) is 6.41. The molecule has 6 heteroatoms. The van der Waals surface area contributed by atoms with Gasteiger partial charge < -0.3 is 4.57 Å². The summed E-state index contributed by atoms with van der Waals surface area (Å²) in [6.07, 6.45) is 8.47. The molecule has 5 rings (SSSR count). The van der Waals surface area contributed by atoms with Gasteiger partial charge >= 0.3 is 0 Å². The average molecular weight is 531 g/mol. The molecule has 0 unspecified atom stereocenters. The zero-order chi connectivity index (χ0) is 24.5. The number of hydrogen-bond acceptors (Lipinski definition) is 3. The normalized spacial score (nSPS) is 14.9. The van der Waals surface area contributed by atoms with Gasteiger partial charge in [0.25, 0.3) is 5.56 Å². The van der Waals surface area contributed by atoms with Crippen molar-refractivity contribution in [2.45, 2.75) is 65.2 Å². The van der Waals surface area contributed by atoms with Crippen LogP contribution < -0.4 is 5.56 Å². The fourth-order valence-electron chi connectivity index (χ4n) is 5.34. The molecule has 0 spiro atoms. The number of aromatic nitrogens is 3. The first-order chi connectivity index (χ1) is 17.0. The SMILES string of the molecule is CCc1ccccc1-n1c(C)cc(C=Nn2c(C3CCCCC3)nc3ccc(Br)cc3c2=O)c1C. The second kappa shape index (κ2) is 9.94. The Bertz CT molecular complexity index is 1470. The maximum atomic E-state index is 13.6. The Morgan fingerprint density at radius 2 is 1.86 bits per heavy atom. The maximum Gasteiger partial charge on any atom is 0.282 e. The number of nitrogens with zero attached hydrogens (tertiary/aromatic N) is 4. The molecule has 0 bridgehead atoms. The second-order valence-corrected chi connectivity index (χ2v) is 10.4. The van der Waals surface area contributed by atoms with Gasteiger partial charge in [0.15, 0.2) is 0 Å². The molecule has 4 aromatic rings. The zero-order valence-corrected chi connectivity index (χ0v) is 22.2. The Morgan fingerprint density at radius 1 is 1.09 bits per heavy atom. The number of para-hydroxylation sites is 1. The molecular weight excluding hydrogens is 500 g/mol. The number of halogens is 1. The lowest BCUT2D eigenvalue weighted by Crippen LogP contribution is -2.25. The maximum absolute atomic E-state index is 13.6. The van der Waals surface area contributed by atoms with Crippen LogP contribution in [0.1, 0.15) is 73.3 Å². The topological polar surface area (TPSA) is 52.2 Å². The summed E-state index contributed by atoms with van der Waals surface area (Å²) in [4.78, 5) is 18.6.